The first kappa shape index (κ1) is 22.1. The molecule has 0 radical (unpaired) electrons. The van der Waals surface area contributed by atoms with Gasteiger partial charge in [-0.1, -0.05) is 27.5 Å². The molecule has 0 aliphatic heterocycles. The van der Waals surface area contributed by atoms with Crippen LogP contribution in [0.25, 0.3) is 0 Å². The van der Waals surface area contributed by atoms with Crippen LogP contribution in [0.4, 0.5) is 5.69 Å². The first-order chi connectivity index (χ1) is 14.4. The van der Waals surface area contributed by atoms with Gasteiger partial charge < -0.3 is 14.8 Å². The number of thiocarbonyl (C=S) groups is 1. The highest BCUT2D eigenvalue weighted by molar-refractivity contribution is 9.10. The molecule has 3 aromatic rings. The van der Waals surface area contributed by atoms with Crippen LogP contribution in [-0.4, -0.2) is 18.1 Å². The molecular weight excluding hydrogens is 488 g/mol. The molecule has 1 amide bonds. The van der Waals surface area contributed by atoms with E-state index in [4.69, 9.17) is 33.3 Å². The van der Waals surface area contributed by atoms with Gasteiger partial charge in [0.15, 0.2) is 5.11 Å². The largest absolute Gasteiger partial charge is 0.496 e. The summed E-state index contributed by atoms with van der Waals surface area (Å²) in [5.41, 5.74) is 1.94. The minimum absolute atomic E-state index is 0.172. The van der Waals surface area contributed by atoms with E-state index in [2.05, 4.69) is 26.6 Å². The van der Waals surface area contributed by atoms with Crippen molar-refractivity contribution in [2.24, 2.45) is 0 Å². The zero-order valence-corrected chi connectivity index (χ0v) is 19.3. The zero-order chi connectivity index (χ0) is 21.7. The Kier molecular flexibility index (Phi) is 7.31. The number of amides is 1. The van der Waals surface area contributed by atoms with E-state index in [0.717, 1.165) is 10.0 Å². The van der Waals surface area contributed by atoms with Crippen molar-refractivity contribution in [2.75, 3.05) is 12.4 Å². The number of ether oxygens (including phenoxy) is 2. The molecule has 154 valence electrons. The summed E-state index contributed by atoms with van der Waals surface area (Å²) in [5, 5.41) is 6.47. The number of anilines is 1. The lowest BCUT2D eigenvalue weighted by Gasteiger charge is -2.14. The fourth-order valence-corrected chi connectivity index (χ4v) is 3.66. The topological polar surface area (TPSA) is 59.6 Å². The van der Waals surface area contributed by atoms with Crippen LogP contribution in [0.2, 0.25) is 5.02 Å². The van der Waals surface area contributed by atoms with E-state index in [1.807, 2.05) is 13.0 Å². The molecule has 0 spiro atoms. The van der Waals surface area contributed by atoms with Crippen molar-refractivity contribution < 1.29 is 14.3 Å². The maximum absolute atomic E-state index is 12.6. The number of rotatable bonds is 5. The number of carbonyl (C=O) groups excluding carboxylic acids is 1. The second-order valence-corrected chi connectivity index (χ2v) is 8.05. The van der Waals surface area contributed by atoms with Gasteiger partial charge in [-0.05, 0) is 85.4 Å². The highest BCUT2D eigenvalue weighted by Gasteiger charge is 2.16. The number of halogens is 2. The van der Waals surface area contributed by atoms with Crippen molar-refractivity contribution in [3.05, 3.63) is 81.3 Å². The number of carbonyl (C=O) groups is 1. The highest BCUT2D eigenvalue weighted by atomic mass is 79.9. The Morgan fingerprint density at radius 2 is 1.63 bits per heavy atom. The predicted octanol–water partition coefficient (Wildman–Crippen LogP) is 6.34. The number of aryl methyl sites for hydroxylation is 1. The summed E-state index contributed by atoms with van der Waals surface area (Å²) in [5.74, 6) is 1.48. The molecule has 3 rings (SSSR count). The molecule has 0 saturated heterocycles. The summed E-state index contributed by atoms with van der Waals surface area (Å²) in [7, 11) is 1.53. The normalized spacial score (nSPS) is 10.3. The minimum atomic E-state index is -0.364. The molecule has 0 aliphatic carbocycles. The van der Waals surface area contributed by atoms with E-state index < -0.39 is 0 Å². The summed E-state index contributed by atoms with van der Waals surface area (Å²) in [4.78, 5) is 12.6. The molecule has 5 nitrogen and oxygen atoms in total. The third kappa shape index (κ3) is 5.72. The predicted molar refractivity (Wildman–Crippen MR) is 127 cm³/mol. The standard InChI is InChI=1S/C22H18BrClN2O3S/c1-13-11-14(23)12-19(20(13)28-2)21(27)26-22(30)25-16-5-9-18(10-6-16)29-17-7-3-15(24)4-8-17/h3-12H,1-2H3,(H2,25,26,27,30). The van der Waals surface area contributed by atoms with Crippen molar-refractivity contribution in [3.63, 3.8) is 0 Å². The van der Waals surface area contributed by atoms with Gasteiger partial charge in [-0.25, -0.2) is 0 Å². The summed E-state index contributed by atoms with van der Waals surface area (Å²) in [6.07, 6.45) is 0. The van der Waals surface area contributed by atoms with Gasteiger partial charge in [0, 0.05) is 15.2 Å². The summed E-state index contributed by atoms with van der Waals surface area (Å²) in [6, 6.07) is 17.8. The van der Waals surface area contributed by atoms with Gasteiger partial charge in [0.05, 0.1) is 12.7 Å². The Morgan fingerprint density at radius 1 is 1.03 bits per heavy atom. The number of hydrogen-bond donors (Lipinski definition) is 2. The van der Waals surface area contributed by atoms with Gasteiger partial charge in [0.2, 0.25) is 0 Å². The van der Waals surface area contributed by atoms with E-state index in [0.29, 0.717) is 33.5 Å². The van der Waals surface area contributed by atoms with Gasteiger partial charge >= 0.3 is 0 Å². The van der Waals surface area contributed by atoms with E-state index in [1.165, 1.54) is 7.11 Å². The number of methoxy groups -OCH3 is 1. The molecule has 0 atom stereocenters. The van der Waals surface area contributed by atoms with Gasteiger partial charge in [0.1, 0.15) is 17.2 Å². The lowest BCUT2D eigenvalue weighted by atomic mass is 10.1. The van der Waals surface area contributed by atoms with Crippen LogP contribution in [0.1, 0.15) is 15.9 Å². The molecule has 0 aliphatic rings. The van der Waals surface area contributed by atoms with Gasteiger partial charge in [-0.3, -0.25) is 10.1 Å². The number of hydrogen-bond acceptors (Lipinski definition) is 4. The quantitative estimate of drug-likeness (QED) is 0.396. The van der Waals surface area contributed by atoms with Crippen LogP contribution in [0.3, 0.4) is 0 Å². The molecule has 0 unspecified atom stereocenters. The number of nitrogens with one attached hydrogen (secondary N) is 2. The molecule has 0 fully saturated rings. The zero-order valence-electron chi connectivity index (χ0n) is 16.2. The maximum Gasteiger partial charge on any atom is 0.261 e. The van der Waals surface area contributed by atoms with Crippen LogP contribution >= 0.6 is 39.7 Å². The van der Waals surface area contributed by atoms with E-state index in [9.17, 15) is 4.79 Å². The summed E-state index contributed by atoms with van der Waals surface area (Å²) >= 11 is 14.5. The average Bonchev–Trinajstić information content (AvgIpc) is 2.70. The van der Waals surface area contributed by atoms with E-state index in [-0.39, 0.29) is 11.0 Å². The molecular formula is C22H18BrClN2O3S. The SMILES string of the molecule is COc1c(C)cc(Br)cc1C(=O)NC(=S)Nc1ccc(Oc2ccc(Cl)cc2)cc1. The molecule has 0 saturated carbocycles. The molecule has 3 aromatic carbocycles. The highest BCUT2D eigenvalue weighted by Crippen LogP contribution is 2.28. The van der Waals surface area contributed by atoms with Crippen molar-refractivity contribution in [1.29, 1.82) is 0 Å². The molecule has 2 N–H and O–H groups in total. The third-order valence-corrected chi connectivity index (χ3v) is 4.99. The lowest BCUT2D eigenvalue weighted by molar-refractivity contribution is 0.0974. The molecule has 0 heterocycles. The fraction of sp³-hybridized carbons (Fsp3) is 0.0909. The Morgan fingerprint density at radius 3 is 2.23 bits per heavy atom. The van der Waals surface area contributed by atoms with Crippen molar-refractivity contribution >= 4 is 56.5 Å². The van der Waals surface area contributed by atoms with E-state index >= 15 is 0 Å². The van der Waals surface area contributed by atoms with Crippen LogP contribution in [0.15, 0.2) is 65.1 Å². The van der Waals surface area contributed by atoms with E-state index in [1.54, 1.807) is 54.6 Å². The Hall–Kier alpha value is -2.61. The Labute approximate surface area is 193 Å². The van der Waals surface area contributed by atoms with Crippen molar-refractivity contribution in [3.8, 4) is 17.2 Å². The minimum Gasteiger partial charge on any atom is -0.496 e. The van der Waals surface area contributed by atoms with Crippen molar-refractivity contribution in [2.45, 2.75) is 6.92 Å². The number of benzene rings is 3. The second kappa shape index (κ2) is 9.93. The van der Waals surface area contributed by atoms with Crippen LogP contribution in [0, 0.1) is 6.92 Å². The Bertz CT molecular complexity index is 1070. The summed E-state index contributed by atoms with van der Waals surface area (Å²) in [6.45, 7) is 1.87. The third-order valence-electron chi connectivity index (χ3n) is 4.08. The average molecular weight is 506 g/mol. The first-order valence-electron chi connectivity index (χ1n) is 8.85. The summed E-state index contributed by atoms with van der Waals surface area (Å²) < 4.78 is 11.9. The molecule has 0 bridgehead atoms. The van der Waals surface area contributed by atoms with Gasteiger partial charge in [-0.15, -0.1) is 0 Å². The van der Waals surface area contributed by atoms with Crippen LogP contribution in [0.5, 0.6) is 17.2 Å². The molecule has 30 heavy (non-hydrogen) atoms. The van der Waals surface area contributed by atoms with Crippen LogP contribution in [-0.2, 0) is 0 Å². The first-order valence-corrected chi connectivity index (χ1v) is 10.4. The van der Waals surface area contributed by atoms with Crippen molar-refractivity contribution in [1.82, 2.24) is 5.32 Å². The smallest absolute Gasteiger partial charge is 0.261 e. The Balaban J connectivity index is 1.62. The maximum atomic E-state index is 12.6. The van der Waals surface area contributed by atoms with Crippen LogP contribution < -0.4 is 20.1 Å². The monoisotopic (exact) mass is 504 g/mol. The lowest BCUT2D eigenvalue weighted by Crippen LogP contribution is -2.34. The van der Waals surface area contributed by atoms with Gasteiger partial charge in [-0.2, -0.15) is 0 Å². The fourth-order valence-electron chi connectivity index (χ4n) is 2.75. The molecule has 8 heteroatoms. The second-order valence-electron chi connectivity index (χ2n) is 6.29. The van der Waals surface area contributed by atoms with Gasteiger partial charge in [0.25, 0.3) is 5.91 Å². The molecule has 0 aromatic heterocycles.